The summed E-state index contributed by atoms with van der Waals surface area (Å²) in [6.07, 6.45) is 4.72. The number of halogens is 1. The molecule has 0 fully saturated rings. The normalized spacial score (nSPS) is 11.2. The Morgan fingerprint density at radius 1 is 1.37 bits per heavy atom. The van der Waals surface area contributed by atoms with Crippen molar-refractivity contribution in [3.63, 3.8) is 0 Å². The minimum Gasteiger partial charge on any atom is -0.310 e. The summed E-state index contributed by atoms with van der Waals surface area (Å²) in [6.45, 7) is 7.12. The Morgan fingerprint density at radius 3 is 2.84 bits per heavy atom. The molecule has 19 heavy (non-hydrogen) atoms. The van der Waals surface area contributed by atoms with Crippen LogP contribution in [0.25, 0.3) is 5.69 Å². The number of benzene rings is 1. The molecule has 0 spiro atoms. The van der Waals surface area contributed by atoms with E-state index < -0.39 is 0 Å². The number of nitrogens with zero attached hydrogens (tertiary/aromatic N) is 2. The first-order valence-electron chi connectivity index (χ1n) is 6.66. The molecule has 0 unspecified atom stereocenters. The summed E-state index contributed by atoms with van der Waals surface area (Å²) in [5.74, 6) is 1.05. The van der Waals surface area contributed by atoms with E-state index in [-0.39, 0.29) is 0 Å². The van der Waals surface area contributed by atoms with E-state index in [1.54, 1.807) is 0 Å². The molecule has 0 saturated carbocycles. The molecule has 4 heteroatoms. The van der Waals surface area contributed by atoms with Gasteiger partial charge in [0, 0.05) is 42.0 Å². The van der Waals surface area contributed by atoms with Crippen LogP contribution in [-0.4, -0.2) is 15.6 Å². The van der Waals surface area contributed by atoms with Gasteiger partial charge in [0.25, 0.3) is 0 Å². The molecule has 102 valence electrons. The zero-order valence-corrected chi connectivity index (χ0v) is 12.4. The summed E-state index contributed by atoms with van der Waals surface area (Å²) in [7, 11) is 0. The standard InChI is InChI=1S/C15H20ClN3/c1-4-15-17-8-9-19(15)14-7-5-6-13(16)12(14)10-18-11(2)3/h5-9,11,18H,4,10H2,1-3H3. The lowest BCUT2D eigenvalue weighted by Crippen LogP contribution is -2.23. The summed E-state index contributed by atoms with van der Waals surface area (Å²) in [5.41, 5.74) is 2.22. The van der Waals surface area contributed by atoms with Crippen LogP contribution in [0.3, 0.4) is 0 Å². The number of aryl methyl sites for hydroxylation is 1. The summed E-state index contributed by atoms with van der Waals surface area (Å²) in [5, 5.41) is 4.22. The number of hydrogen-bond acceptors (Lipinski definition) is 2. The SMILES string of the molecule is CCc1nccn1-c1cccc(Cl)c1CNC(C)C. The van der Waals surface area contributed by atoms with Crippen LogP contribution in [0.4, 0.5) is 0 Å². The van der Waals surface area contributed by atoms with Crippen molar-refractivity contribution in [2.45, 2.75) is 39.8 Å². The lowest BCUT2D eigenvalue weighted by atomic mass is 10.1. The number of imidazole rings is 1. The van der Waals surface area contributed by atoms with Crippen molar-refractivity contribution in [2.75, 3.05) is 0 Å². The van der Waals surface area contributed by atoms with Gasteiger partial charge in [-0.25, -0.2) is 4.98 Å². The quantitative estimate of drug-likeness (QED) is 0.905. The Labute approximate surface area is 119 Å². The Balaban J connectivity index is 2.42. The molecule has 0 bridgehead atoms. The molecule has 1 N–H and O–H groups in total. The highest BCUT2D eigenvalue weighted by molar-refractivity contribution is 6.31. The number of hydrogen-bond donors (Lipinski definition) is 1. The molecule has 0 aliphatic carbocycles. The number of aromatic nitrogens is 2. The maximum atomic E-state index is 6.35. The van der Waals surface area contributed by atoms with Crippen LogP contribution in [0.15, 0.2) is 30.6 Å². The van der Waals surface area contributed by atoms with E-state index >= 15 is 0 Å². The average Bonchev–Trinajstić information content (AvgIpc) is 2.84. The highest BCUT2D eigenvalue weighted by atomic mass is 35.5. The third-order valence-corrected chi connectivity index (χ3v) is 3.43. The monoisotopic (exact) mass is 277 g/mol. The van der Waals surface area contributed by atoms with E-state index in [1.807, 2.05) is 24.5 Å². The third kappa shape index (κ3) is 3.17. The first kappa shape index (κ1) is 14.1. The van der Waals surface area contributed by atoms with Crippen molar-refractivity contribution in [2.24, 2.45) is 0 Å². The van der Waals surface area contributed by atoms with Gasteiger partial charge in [0.1, 0.15) is 5.82 Å². The summed E-state index contributed by atoms with van der Waals surface area (Å²) in [4.78, 5) is 4.38. The van der Waals surface area contributed by atoms with Gasteiger partial charge in [-0.1, -0.05) is 38.4 Å². The van der Waals surface area contributed by atoms with Crippen molar-refractivity contribution < 1.29 is 0 Å². The van der Waals surface area contributed by atoms with Gasteiger partial charge in [0.05, 0.1) is 5.69 Å². The first-order chi connectivity index (χ1) is 9.13. The molecular formula is C15H20ClN3. The lowest BCUT2D eigenvalue weighted by molar-refractivity contribution is 0.587. The molecule has 3 nitrogen and oxygen atoms in total. The Hall–Kier alpha value is -1.32. The largest absolute Gasteiger partial charge is 0.310 e. The second-order valence-electron chi connectivity index (χ2n) is 4.84. The first-order valence-corrected chi connectivity index (χ1v) is 7.04. The zero-order chi connectivity index (χ0) is 13.8. The maximum Gasteiger partial charge on any atom is 0.112 e. The van der Waals surface area contributed by atoms with Crippen molar-refractivity contribution in [1.29, 1.82) is 0 Å². The van der Waals surface area contributed by atoms with E-state index in [0.29, 0.717) is 6.04 Å². The summed E-state index contributed by atoms with van der Waals surface area (Å²) in [6, 6.07) is 6.43. The molecule has 2 rings (SSSR count). The van der Waals surface area contributed by atoms with E-state index in [9.17, 15) is 0 Å². The van der Waals surface area contributed by atoms with Crippen LogP contribution >= 0.6 is 11.6 Å². The van der Waals surface area contributed by atoms with Crippen molar-refractivity contribution in [1.82, 2.24) is 14.9 Å². The molecule has 2 aromatic rings. The molecule has 0 atom stereocenters. The van der Waals surface area contributed by atoms with Gasteiger partial charge in [-0.2, -0.15) is 0 Å². The number of rotatable bonds is 5. The predicted octanol–water partition coefficient (Wildman–Crippen LogP) is 3.59. The molecule has 1 aromatic carbocycles. The van der Waals surface area contributed by atoms with E-state index in [2.05, 4.69) is 41.7 Å². The molecule has 0 saturated heterocycles. The average molecular weight is 278 g/mol. The topological polar surface area (TPSA) is 29.9 Å². The highest BCUT2D eigenvalue weighted by Gasteiger charge is 2.11. The molecule has 1 aromatic heterocycles. The van der Waals surface area contributed by atoms with Gasteiger partial charge in [-0.05, 0) is 12.1 Å². The van der Waals surface area contributed by atoms with E-state index in [1.165, 1.54) is 0 Å². The fraction of sp³-hybridized carbons (Fsp3) is 0.400. The minimum atomic E-state index is 0.428. The van der Waals surface area contributed by atoms with Crippen LogP contribution in [0.2, 0.25) is 5.02 Å². The van der Waals surface area contributed by atoms with Crippen LogP contribution in [0, 0.1) is 0 Å². The molecular weight excluding hydrogens is 258 g/mol. The summed E-state index contributed by atoms with van der Waals surface area (Å²) >= 11 is 6.35. The molecule has 0 radical (unpaired) electrons. The van der Waals surface area contributed by atoms with Gasteiger partial charge in [0.2, 0.25) is 0 Å². The Bertz CT molecular complexity index is 546. The zero-order valence-electron chi connectivity index (χ0n) is 11.7. The highest BCUT2D eigenvalue weighted by Crippen LogP contribution is 2.24. The van der Waals surface area contributed by atoms with Crippen LogP contribution < -0.4 is 5.32 Å². The third-order valence-electron chi connectivity index (χ3n) is 3.07. The van der Waals surface area contributed by atoms with Crippen molar-refractivity contribution in [3.8, 4) is 5.69 Å². The number of nitrogens with one attached hydrogen (secondary N) is 1. The fourth-order valence-corrected chi connectivity index (χ4v) is 2.31. The lowest BCUT2D eigenvalue weighted by Gasteiger charge is -2.16. The van der Waals surface area contributed by atoms with E-state index in [4.69, 9.17) is 11.6 Å². The minimum absolute atomic E-state index is 0.428. The molecule has 0 aliphatic rings. The smallest absolute Gasteiger partial charge is 0.112 e. The van der Waals surface area contributed by atoms with Crippen LogP contribution in [0.1, 0.15) is 32.2 Å². The predicted molar refractivity (Wildman–Crippen MR) is 79.9 cm³/mol. The van der Waals surface area contributed by atoms with Gasteiger partial charge >= 0.3 is 0 Å². The van der Waals surface area contributed by atoms with Crippen molar-refractivity contribution in [3.05, 3.63) is 47.0 Å². The van der Waals surface area contributed by atoms with E-state index in [0.717, 1.165) is 35.1 Å². The second kappa shape index (κ2) is 6.22. The Morgan fingerprint density at radius 2 is 2.16 bits per heavy atom. The summed E-state index contributed by atoms with van der Waals surface area (Å²) < 4.78 is 2.11. The van der Waals surface area contributed by atoms with Crippen molar-refractivity contribution >= 4 is 11.6 Å². The Kier molecular flexibility index (Phi) is 4.61. The van der Waals surface area contributed by atoms with Gasteiger partial charge < -0.3 is 9.88 Å². The fourth-order valence-electron chi connectivity index (χ4n) is 2.07. The van der Waals surface area contributed by atoms with Crippen LogP contribution in [0.5, 0.6) is 0 Å². The second-order valence-corrected chi connectivity index (χ2v) is 5.25. The maximum absolute atomic E-state index is 6.35. The molecule has 0 aliphatic heterocycles. The van der Waals surface area contributed by atoms with Gasteiger partial charge in [-0.3, -0.25) is 0 Å². The van der Waals surface area contributed by atoms with Crippen LogP contribution in [-0.2, 0) is 13.0 Å². The van der Waals surface area contributed by atoms with Gasteiger partial charge in [-0.15, -0.1) is 0 Å². The van der Waals surface area contributed by atoms with Gasteiger partial charge in [0.15, 0.2) is 0 Å². The molecule has 1 heterocycles. The molecule has 0 amide bonds.